The third-order valence-corrected chi connectivity index (χ3v) is 3.46. The number of halogens is 1. The monoisotopic (exact) mass is 276 g/mol. The number of nitrogens with zero attached hydrogens (tertiary/aromatic N) is 3. The normalized spacial score (nSPS) is 17.0. The summed E-state index contributed by atoms with van der Waals surface area (Å²) in [7, 11) is 0. The quantitative estimate of drug-likeness (QED) is 0.900. The minimum atomic E-state index is -0.211. The second-order valence-electron chi connectivity index (χ2n) is 4.86. The molecule has 20 heavy (non-hydrogen) atoms. The van der Waals surface area contributed by atoms with Gasteiger partial charge in [0.25, 0.3) is 0 Å². The van der Waals surface area contributed by atoms with Crippen LogP contribution in [-0.2, 0) is 19.5 Å². The molecular weight excluding hydrogens is 259 g/mol. The van der Waals surface area contributed by atoms with E-state index in [9.17, 15) is 4.39 Å². The highest BCUT2D eigenvalue weighted by Crippen LogP contribution is 2.28. The lowest BCUT2D eigenvalue weighted by Gasteiger charge is -2.11. The summed E-state index contributed by atoms with van der Waals surface area (Å²) in [6.07, 6.45) is 2.51. The molecule has 1 aromatic heterocycles. The Kier molecular flexibility index (Phi) is 3.64. The minimum absolute atomic E-state index is 0.0461. The van der Waals surface area contributed by atoms with Gasteiger partial charge >= 0.3 is 0 Å². The van der Waals surface area contributed by atoms with E-state index in [-0.39, 0.29) is 11.9 Å². The van der Waals surface area contributed by atoms with Gasteiger partial charge in [0.2, 0.25) is 0 Å². The Hall–Kier alpha value is -1.95. The van der Waals surface area contributed by atoms with Crippen LogP contribution in [0.4, 0.5) is 4.39 Å². The molecule has 1 aromatic carbocycles. The van der Waals surface area contributed by atoms with Crippen molar-refractivity contribution in [3.05, 3.63) is 41.7 Å². The summed E-state index contributed by atoms with van der Waals surface area (Å²) in [5.41, 5.74) is 0.938. The maximum absolute atomic E-state index is 13.1. The van der Waals surface area contributed by atoms with Crippen LogP contribution in [0.2, 0.25) is 0 Å². The van der Waals surface area contributed by atoms with Crippen molar-refractivity contribution < 1.29 is 9.13 Å². The largest absolute Gasteiger partial charge is 0.488 e. The van der Waals surface area contributed by atoms with Gasteiger partial charge in [0, 0.05) is 25.1 Å². The van der Waals surface area contributed by atoms with Crippen LogP contribution in [0.15, 0.2) is 24.5 Å². The van der Waals surface area contributed by atoms with E-state index in [1.807, 2.05) is 4.57 Å². The zero-order valence-corrected chi connectivity index (χ0v) is 11.3. The predicted octanol–water partition coefficient (Wildman–Crippen LogP) is 1.53. The molecule has 0 radical (unpaired) electrons. The molecule has 1 atom stereocenters. The lowest BCUT2D eigenvalue weighted by atomic mass is 10.1. The highest BCUT2D eigenvalue weighted by Gasteiger charge is 2.22. The molecular formula is C14H17FN4O. The van der Waals surface area contributed by atoms with Crippen LogP contribution in [0.1, 0.15) is 18.3 Å². The smallest absolute Gasteiger partial charge is 0.146 e. The summed E-state index contributed by atoms with van der Waals surface area (Å²) in [5, 5.41) is 11.3. The van der Waals surface area contributed by atoms with Gasteiger partial charge < -0.3 is 14.6 Å². The lowest BCUT2D eigenvalue weighted by molar-refractivity contribution is 0.226. The van der Waals surface area contributed by atoms with E-state index in [1.54, 1.807) is 18.5 Å². The van der Waals surface area contributed by atoms with Crippen molar-refractivity contribution in [1.82, 2.24) is 20.1 Å². The van der Waals surface area contributed by atoms with Gasteiger partial charge in [-0.3, -0.25) is 0 Å². The molecule has 1 aliphatic heterocycles. The first kappa shape index (κ1) is 13.1. The molecule has 0 spiro atoms. The van der Waals surface area contributed by atoms with Crippen molar-refractivity contribution in [3.63, 3.8) is 0 Å². The van der Waals surface area contributed by atoms with Gasteiger partial charge in [-0.2, -0.15) is 0 Å². The lowest BCUT2D eigenvalue weighted by Crippen LogP contribution is -2.30. The first-order chi connectivity index (χ1) is 9.76. The summed E-state index contributed by atoms with van der Waals surface area (Å²) in [4.78, 5) is 0. The van der Waals surface area contributed by atoms with Crippen LogP contribution in [0.3, 0.4) is 0 Å². The SMILES string of the molecule is CCn1cnnc1CNCC1Cc2cc(F)ccc2O1. The second-order valence-corrected chi connectivity index (χ2v) is 4.86. The molecule has 106 valence electrons. The number of aryl methyl sites for hydroxylation is 1. The second kappa shape index (κ2) is 5.58. The van der Waals surface area contributed by atoms with Gasteiger partial charge in [-0.15, -0.1) is 10.2 Å². The maximum Gasteiger partial charge on any atom is 0.146 e. The molecule has 0 fully saturated rings. The van der Waals surface area contributed by atoms with Crippen LogP contribution < -0.4 is 10.1 Å². The highest BCUT2D eigenvalue weighted by molar-refractivity contribution is 5.37. The average molecular weight is 276 g/mol. The third kappa shape index (κ3) is 2.65. The van der Waals surface area contributed by atoms with Crippen LogP contribution in [-0.4, -0.2) is 27.4 Å². The average Bonchev–Trinajstić information content (AvgIpc) is 3.04. The van der Waals surface area contributed by atoms with Gasteiger partial charge in [0.15, 0.2) is 0 Å². The fourth-order valence-corrected chi connectivity index (χ4v) is 2.43. The maximum atomic E-state index is 13.1. The first-order valence-corrected chi connectivity index (χ1v) is 6.78. The van der Waals surface area contributed by atoms with Gasteiger partial charge in [-0.05, 0) is 25.1 Å². The Balaban J connectivity index is 1.51. The van der Waals surface area contributed by atoms with E-state index in [4.69, 9.17) is 4.74 Å². The molecule has 0 bridgehead atoms. The zero-order chi connectivity index (χ0) is 13.9. The first-order valence-electron chi connectivity index (χ1n) is 6.78. The minimum Gasteiger partial charge on any atom is -0.488 e. The standard InChI is InChI=1S/C14H17FN4O/c1-2-19-9-17-18-14(19)8-16-7-12-6-10-5-11(15)3-4-13(10)20-12/h3-5,9,12,16H,2,6-8H2,1H3. The van der Waals surface area contributed by atoms with Crippen LogP contribution in [0.25, 0.3) is 0 Å². The number of benzene rings is 1. The fraction of sp³-hybridized carbons (Fsp3) is 0.429. The van der Waals surface area contributed by atoms with Gasteiger partial charge in [0.05, 0.1) is 6.54 Å². The van der Waals surface area contributed by atoms with E-state index in [1.165, 1.54) is 6.07 Å². The molecule has 1 aliphatic rings. The van der Waals surface area contributed by atoms with Crippen LogP contribution in [0.5, 0.6) is 5.75 Å². The summed E-state index contributed by atoms with van der Waals surface area (Å²) in [6.45, 7) is 4.26. The molecule has 1 unspecified atom stereocenters. The van der Waals surface area contributed by atoms with Gasteiger partial charge in [0.1, 0.15) is 29.8 Å². The Morgan fingerprint density at radius 3 is 3.25 bits per heavy atom. The Labute approximate surface area is 116 Å². The number of hydrogen-bond donors (Lipinski definition) is 1. The number of hydrogen-bond acceptors (Lipinski definition) is 4. The Morgan fingerprint density at radius 2 is 2.40 bits per heavy atom. The number of fused-ring (bicyclic) bond motifs is 1. The van der Waals surface area contributed by atoms with Crippen molar-refractivity contribution in [2.24, 2.45) is 0 Å². The topological polar surface area (TPSA) is 52.0 Å². The zero-order valence-electron chi connectivity index (χ0n) is 11.3. The summed E-state index contributed by atoms with van der Waals surface area (Å²) in [6, 6.07) is 4.67. The Bertz CT molecular complexity index is 599. The summed E-state index contributed by atoms with van der Waals surface area (Å²) < 4.78 is 20.9. The van der Waals surface area contributed by atoms with E-state index in [2.05, 4.69) is 22.4 Å². The summed E-state index contributed by atoms with van der Waals surface area (Å²) >= 11 is 0. The van der Waals surface area contributed by atoms with Crippen molar-refractivity contribution >= 4 is 0 Å². The van der Waals surface area contributed by atoms with Crippen molar-refractivity contribution in [1.29, 1.82) is 0 Å². The van der Waals surface area contributed by atoms with Crippen molar-refractivity contribution in [2.75, 3.05) is 6.54 Å². The number of aromatic nitrogens is 3. The summed E-state index contributed by atoms with van der Waals surface area (Å²) in [5.74, 6) is 1.49. The van der Waals surface area contributed by atoms with E-state index >= 15 is 0 Å². The van der Waals surface area contributed by atoms with Crippen LogP contribution >= 0.6 is 0 Å². The van der Waals surface area contributed by atoms with Crippen molar-refractivity contribution in [2.45, 2.75) is 32.5 Å². The molecule has 2 heterocycles. The van der Waals surface area contributed by atoms with E-state index in [0.717, 1.165) is 30.1 Å². The number of ether oxygens (including phenoxy) is 1. The molecule has 0 amide bonds. The van der Waals surface area contributed by atoms with E-state index < -0.39 is 0 Å². The highest BCUT2D eigenvalue weighted by atomic mass is 19.1. The third-order valence-electron chi connectivity index (χ3n) is 3.46. The number of nitrogens with one attached hydrogen (secondary N) is 1. The Morgan fingerprint density at radius 1 is 1.50 bits per heavy atom. The molecule has 5 nitrogen and oxygen atoms in total. The fourth-order valence-electron chi connectivity index (χ4n) is 2.43. The molecule has 3 rings (SSSR count). The molecule has 1 N–H and O–H groups in total. The molecule has 0 aliphatic carbocycles. The molecule has 0 saturated carbocycles. The van der Waals surface area contributed by atoms with E-state index in [0.29, 0.717) is 13.1 Å². The van der Waals surface area contributed by atoms with Crippen LogP contribution in [0, 0.1) is 5.82 Å². The molecule has 2 aromatic rings. The van der Waals surface area contributed by atoms with Gasteiger partial charge in [-0.25, -0.2) is 4.39 Å². The van der Waals surface area contributed by atoms with Crippen molar-refractivity contribution in [3.8, 4) is 5.75 Å². The number of rotatable bonds is 5. The molecule has 6 heteroatoms. The van der Waals surface area contributed by atoms with Gasteiger partial charge in [-0.1, -0.05) is 0 Å². The molecule has 0 saturated heterocycles. The predicted molar refractivity (Wildman–Crippen MR) is 71.9 cm³/mol.